The number of rotatable bonds is 2. The Kier molecular flexibility index (Phi) is 3.48. The van der Waals surface area contributed by atoms with Gasteiger partial charge in [-0.15, -0.1) is 0 Å². The van der Waals surface area contributed by atoms with Crippen molar-refractivity contribution in [2.24, 2.45) is 0 Å². The molecule has 0 aliphatic rings. The van der Waals surface area contributed by atoms with E-state index in [-0.39, 0.29) is 12.1 Å². The summed E-state index contributed by atoms with van der Waals surface area (Å²) in [4.78, 5) is 10.7. The number of benzene rings is 1. The van der Waals surface area contributed by atoms with Gasteiger partial charge in [0.2, 0.25) is 0 Å². The number of carbonyl (C=O) groups excluding carboxylic acids is 1. The van der Waals surface area contributed by atoms with Crippen molar-refractivity contribution in [3.8, 4) is 0 Å². The fourth-order valence-electron chi connectivity index (χ4n) is 1.12. The lowest BCUT2D eigenvalue weighted by molar-refractivity contribution is -0.145. The summed E-state index contributed by atoms with van der Waals surface area (Å²) < 4.78 is 6.01. The lowest BCUT2D eigenvalue weighted by Crippen LogP contribution is -2.05. The van der Waals surface area contributed by atoms with E-state index in [1.807, 2.05) is 31.2 Å². The fourth-order valence-corrected chi connectivity index (χ4v) is 1.72. The van der Waals surface area contributed by atoms with Gasteiger partial charge in [0.25, 0.3) is 0 Å². The molecule has 0 heterocycles. The van der Waals surface area contributed by atoms with Crippen LogP contribution in [0.5, 0.6) is 0 Å². The molecule has 0 saturated carbocycles. The number of hydrogen-bond donors (Lipinski definition) is 0. The van der Waals surface area contributed by atoms with Gasteiger partial charge in [-0.3, -0.25) is 4.79 Å². The summed E-state index contributed by atoms with van der Waals surface area (Å²) in [6.45, 7) is 3.26. The molecule has 1 aromatic rings. The van der Waals surface area contributed by atoms with Crippen LogP contribution in [0.15, 0.2) is 28.7 Å². The largest absolute Gasteiger partial charge is 0.458 e. The Morgan fingerprint density at radius 1 is 1.46 bits per heavy atom. The van der Waals surface area contributed by atoms with Crippen LogP contribution >= 0.6 is 15.9 Å². The molecule has 1 rings (SSSR count). The minimum Gasteiger partial charge on any atom is -0.458 e. The number of halogens is 1. The maximum atomic E-state index is 10.7. The molecule has 1 aromatic carbocycles. The summed E-state index contributed by atoms with van der Waals surface area (Å²) in [6.07, 6.45) is -0.201. The third kappa shape index (κ3) is 2.84. The minimum absolute atomic E-state index is 0.201. The standard InChI is InChI=1S/C10H11BrO2/c1-7(13-8(2)12)9-5-3-4-6-10(9)11/h3-7H,1-2H3/t7-/m1/s1. The van der Waals surface area contributed by atoms with Crippen LogP contribution in [0.1, 0.15) is 25.5 Å². The van der Waals surface area contributed by atoms with Crippen molar-refractivity contribution in [2.75, 3.05) is 0 Å². The van der Waals surface area contributed by atoms with Gasteiger partial charge < -0.3 is 4.74 Å². The molecule has 0 aromatic heterocycles. The maximum absolute atomic E-state index is 10.7. The van der Waals surface area contributed by atoms with E-state index in [0.717, 1.165) is 10.0 Å². The van der Waals surface area contributed by atoms with Crippen molar-refractivity contribution < 1.29 is 9.53 Å². The molecule has 0 N–H and O–H groups in total. The summed E-state index contributed by atoms with van der Waals surface area (Å²) in [7, 11) is 0. The number of esters is 1. The van der Waals surface area contributed by atoms with E-state index in [1.54, 1.807) is 0 Å². The van der Waals surface area contributed by atoms with Crippen LogP contribution in [-0.2, 0) is 9.53 Å². The van der Waals surface area contributed by atoms with Gasteiger partial charge in [-0.05, 0) is 13.0 Å². The Balaban J connectivity index is 2.82. The van der Waals surface area contributed by atoms with Crippen molar-refractivity contribution >= 4 is 21.9 Å². The predicted octanol–water partition coefficient (Wildman–Crippen LogP) is 3.07. The first-order valence-electron chi connectivity index (χ1n) is 4.03. The topological polar surface area (TPSA) is 26.3 Å². The molecule has 0 spiro atoms. The molecule has 0 unspecified atom stereocenters. The van der Waals surface area contributed by atoms with Crippen LogP contribution in [0, 0.1) is 0 Å². The van der Waals surface area contributed by atoms with E-state index < -0.39 is 0 Å². The fraction of sp³-hybridized carbons (Fsp3) is 0.300. The Bertz CT molecular complexity index is 310. The highest BCUT2D eigenvalue weighted by molar-refractivity contribution is 9.10. The van der Waals surface area contributed by atoms with Gasteiger partial charge in [0.1, 0.15) is 6.10 Å². The lowest BCUT2D eigenvalue weighted by Gasteiger charge is -2.13. The highest BCUT2D eigenvalue weighted by atomic mass is 79.9. The van der Waals surface area contributed by atoms with Crippen molar-refractivity contribution in [1.82, 2.24) is 0 Å². The third-order valence-corrected chi connectivity index (χ3v) is 2.41. The molecule has 0 aliphatic heterocycles. The van der Waals surface area contributed by atoms with Gasteiger partial charge in [-0.2, -0.15) is 0 Å². The molecule has 0 bridgehead atoms. The molecule has 0 amide bonds. The summed E-state index contributed by atoms with van der Waals surface area (Å²) in [6, 6.07) is 7.70. The van der Waals surface area contributed by atoms with Crippen LogP contribution in [0.4, 0.5) is 0 Å². The lowest BCUT2D eigenvalue weighted by atomic mass is 10.1. The molecular weight excluding hydrogens is 232 g/mol. The van der Waals surface area contributed by atoms with Gasteiger partial charge in [0, 0.05) is 17.0 Å². The Hall–Kier alpha value is -0.830. The molecule has 2 nitrogen and oxygen atoms in total. The molecule has 0 saturated heterocycles. The van der Waals surface area contributed by atoms with E-state index in [9.17, 15) is 4.79 Å². The molecular formula is C10H11BrO2. The SMILES string of the molecule is CC(=O)O[C@H](C)c1ccccc1Br. The third-order valence-electron chi connectivity index (χ3n) is 1.69. The average Bonchev–Trinajstić information content (AvgIpc) is 2.03. The molecule has 70 valence electrons. The molecule has 0 radical (unpaired) electrons. The molecule has 13 heavy (non-hydrogen) atoms. The second kappa shape index (κ2) is 4.42. The average molecular weight is 243 g/mol. The Labute approximate surface area is 86.0 Å². The van der Waals surface area contributed by atoms with E-state index >= 15 is 0 Å². The van der Waals surface area contributed by atoms with Gasteiger partial charge in [0.15, 0.2) is 0 Å². The van der Waals surface area contributed by atoms with Crippen LogP contribution in [0.2, 0.25) is 0 Å². The van der Waals surface area contributed by atoms with Crippen LogP contribution in [0.3, 0.4) is 0 Å². The molecule has 1 atom stereocenters. The first-order valence-corrected chi connectivity index (χ1v) is 4.82. The summed E-state index contributed by atoms with van der Waals surface area (Å²) in [5.74, 6) is -0.261. The summed E-state index contributed by atoms with van der Waals surface area (Å²) in [5.41, 5.74) is 0.984. The van der Waals surface area contributed by atoms with Gasteiger partial charge in [-0.1, -0.05) is 34.1 Å². The quantitative estimate of drug-likeness (QED) is 0.746. The number of ether oxygens (including phenoxy) is 1. The smallest absolute Gasteiger partial charge is 0.303 e. The Morgan fingerprint density at radius 3 is 2.62 bits per heavy atom. The monoisotopic (exact) mass is 242 g/mol. The molecule has 3 heteroatoms. The van der Waals surface area contributed by atoms with Gasteiger partial charge in [-0.25, -0.2) is 0 Å². The van der Waals surface area contributed by atoms with Crippen LogP contribution < -0.4 is 0 Å². The van der Waals surface area contributed by atoms with Crippen molar-refractivity contribution in [2.45, 2.75) is 20.0 Å². The number of carbonyl (C=O) groups is 1. The molecule has 0 aliphatic carbocycles. The first kappa shape index (κ1) is 10.3. The zero-order chi connectivity index (χ0) is 9.84. The summed E-state index contributed by atoms with van der Waals surface area (Å²) in [5, 5.41) is 0. The highest BCUT2D eigenvalue weighted by Gasteiger charge is 2.10. The minimum atomic E-state index is -0.261. The van der Waals surface area contributed by atoms with Gasteiger partial charge >= 0.3 is 5.97 Å². The van der Waals surface area contributed by atoms with E-state index in [2.05, 4.69) is 15.9 Å². The van der Waals surface area contributed by atoms with Crippen molar-refractivity contribution in [3.63, 3.8) is 0 Å². The highest BCUT2D eigenvalue weighted by Crippen LogP contribution is 2.25. The van der Waals surface area contributed by atoms with Gasteiger partial charge in [0.05, 0.1) is 0 Å². The normalized spacial score (nSPS) is 12.2. The van der Waals surface area contributed by atoms with E-state index in [0.29, 0.717) is 0 Å². The maximum Gasteiger partial charge on any atom is 0.303 e. The zero-order valence-corrected chi connectivity index (χ0v) is 9.17. The van der Waals surface area contributed by atoms with Crippen molar-refractivity contribution in [1.29, 1.82) is 0 Å². The van der Waals surface area contributed by atoms with E-state index in [1.165, 1.54) is 6.92 Å². The van der Waals surface area contributed by atoms with Crippen molar-refractivity contribution in [3.05, 3.63) is 34.3 Å². The first-order chi connectivity index (χ1) is 6.11. The predicted molar refractivity (Wildman–Crippen MR) is 54.3 cm³/mol. The van der Waals surface area contributed by atoms with E-state index in [4.69, 9.17) is 4.74 Å². The van der Waals surface area contributed by atoms with Crippen LogP contribution in [-0.4, -0.2) is 5.97 Å². The summed E-state index contributed by atoms with van der Waals surface area (Å²) >= 11 is 3.40. The second-order valence-electron chi connectivity index (χ2n) is 2.77. The molecule has 0 fully saturated rings. The Morgan fingerprint density at radius 2 is 2.08 bits per heavy atom. The van der Waals surface area contributed by atoms with Crippen LogP contribution in [0.25, 0.3) is 0 Å². The zero-order valence-electron chi connectivity index (χ0n) is 7.58. The second-order valence-corrected chi connectivity index (χ2v) is 3.63. The number of hydrogen-bond acceptors (Lipinski definition) is 2.